The molecular weight excluding hydrogens is 196 g/mol. The third-order valence-electron chi connectivity index (χ3n) is 2.28. The zero-order valence-electron chi connectivity index (χ0n) is 8.00. The first-order valence-corrected chi connectivity index (χ1v) is 4.91. The molecule has 0 bridgehead atoms. The van der Waals surface area contributed by atoms with Crippen LogP contribution < -0.4 is 0 Å². The van der Waals surface area contributed by atoms with E-state index in [1.54, 1.807) is 6.20 Å². The number of rotatable bonds is 2. The molecule has 0 unspecified atom stereocenters. The summed E-state index contributed by atoms with van der Waals surface area (Å²) in [6.07, 6.45) is 3.80. The molecule has 0 amide bonds. The number of aryl methyl sites for hydroxylation is 1. The number of alkyl halides is 1. The summed E-state index contributed by atoms with van der Waals surface area (Å²) in [6.45, 7) is 3.93. The summed E-state index contributed by atoms with van der Waals surface area (Å²) >= 11 is 5.77. The minimum absolute atomic E-state index is 0.452. The molecule has 2 nitrogen and oxygen atoms in total. The molecule has 0 radical (unpaired) electrons. The Bertz CT molecular complexity index is 485. The number of fused-ring (bicyclic) bond motifs is 1. The van der Waals surface area contributed by atoms with Gasteiger partial charge in [-0.25, -0.2) is 4.98 Å². The van der Waals surface area contributed by atoms with Crippen molar-refractivity contribution in [1.29, 1.82) is 0 Å². The van der Waals surface area contributed by atoms with Crippen LogP contribution in [-0.4, -0.2) is 15.4 Å². The van der Waals surface area contributed by atoms with Crippen LogP contribution in [-0.2, 0) is 7.05 Å². The van der Waals surface area contributed by atoms with Gasteiger partial charge < -0.3 is 4.57 Å². The highest BCUT2D eigenvalue weighted by Crippen LogP contribution is 2.24. The molecule has 0 aromatic carbocycles. The molecule has 2 aromatic heterocycles. The van der Waals surface area contributed by atoms with Crippen LogP contribution in [0.4, 0.5) is 0 Å². The largest absolute Gasteiger partial charge is 0.335 e. The molecule has 72 valence electrons. The zero-order valence-corrected chi connectivity index (χ0v) is 8.75. The minimum Gasteiger partial charge on any atom is -0.335 e. The van der Waals surface area contributed by atoms with Crippen molar-refractivity contribution in [1.82, 2.24) is 9.55 Å². The summed E-state index contributed by atoms with van der Waals surface area (Å²) in [4.78, 5) is 4.30. The van der Waals surface area contributed by atoms with E-state index in [1.807, 2.05) is 29.9 Å². The van der Waals surface area contributed by atoms with E-state index < -0.39 is 0 Å². The van der Waals surface area contributed by atoms with E-state index in [1.165, 1.54) is 0 Å². The van der Waals surface area contributed by atoms with Gasteiger partial charge in [0.05, 0.1) is 0 Å². The molecule has 2 aromatic rings. The van der Waals surface area contributed by atoms with Crippen molar-refractivity contribution in [3.63, 3.8) is 0 Å². The molecule has 0 aliphatic rings. The Balaban J connectivity index is 2.72. The number of halogens is 1. The van der Waals surface area contributed by atoms with Crippen LogP contribution >= 0.6 is 11.6 Å². The molecule has 0 saturated heterocycles. The van der Waals surface area contributed by atoms with Crippen LogP contribution in [0.3, 0.4) is 0 Å². The molecule has 0 N–H and O–H groups in total. The van der Waals surface area contributed by atoms with Crippen LogP contribution in [0.15, 0.2) is 31.1 Å². The minimum atomic E-state index is 0.452. The standard InChI is InChI=1S/C11H11ClN2/c1-8(6-12)10-7-14(2)11-9(10)4-3-5-13-11/h3-5,7H,1,6H2,2H3. The first kappa shape index (κ1) is 9.28. The second kappa shape index (κ2) is 3.46. The fourth-order valence-corrected chi connectivity index (χ4v) is 1.71. The Morgan fingerprint density at radius 3 is 3.14 bits per heavy atom. The smallest absolute Gasteiger partial charge is 0.140 e. The van der Waals surface area contributed by atoms with Gasteiger partial charge in [-0.1, -0.05) is 6.58 Å². The summed E-state index contributed by atoms with van der Waals surface area (Å²) in [5, 5.41) is 1.11. The highest BCUT2D eigenvalue weighted by atomic mass is 35.5. The Morgan fingerprint density at radius 1 is 1.64 bits per heavy atom. The number of hydrogen-bond donors (Lipinski definition) is 0. The Kier molecular flexibility index (Phi) is 2.30. The maximum absolute atomic E-state index is 5.77. The van der Waals surface area contributed by atoms with Gasteiger partial charge in [0.1, 0.15) is 5.65 Å². The van der Waals surface area contributed by atoms with E-state index in [-0.39, 0.29) is 0 Å². The number of hydrogen-bond acceptors (Lipinski definition) is 1. The second-order valence-electron chi connectivity index (χ2n) is 3.27. The lowest BCUT2D eigenvalue weighted by Gasteiger charge is -1.97. The van der Waals surface area contributed by atoms with Gasteiger partial charge in [0, 0.05) is 36.3 Å². The first-order chi connectivity index (χ1) is 6.74. The van der Waals surface area contributed by atoms with Crippen molar-refractivity contribution < 1.29 is 0 Å². The van der Waals surface area contributed by atoms with Gasteiger partial charge in [-0.05, 0) is 17.7 Å². The van der Waals surface area contributed by atoms with E-state index in [0.717, 1.165) is 22.2 Å². The van der Waals surface area contributed by atoms with E-state index in [4.69, 9.17) is 11.6 Å². The van der Waals surface area contributed by atoms with Crippen molar-refractivity contribution >= 4 is 28.2 Å². The normalized spacial score (nSPS) is 10.7. The van der Waals surface area contributed by atoms with Gasteiger partial charge in [-0.2, -0.15) is 0 Å². The quantitative estimate of drug-likeness (QED) is 0.691. The lowest BCUT2D eigenvalue weighted by Crippen LogP contribution is -1.85. The van der Waals surface area contributed by atoms with E-state index in [0.29, 0.717) is 5.88 Å². The van der Waals surface area contributed by atoms with E-state index in [2.05, 4.69) is 11.6 Å². The van der Waals surface area contributed by atoms with Crippen LogP contribution in [0.5, 0.6) is 0 Å². The van der Waals surface area contributed by atoms with Crippen LogP contribution in [0.2, 0.25) is 0 Å². The number of pyridine rings is 1. The molecule has 14 heavy (non-hydrogen) atoms. The number of nitrogens with zero attached hydrogens (tertiary/aromatic N) is 2. The maximum atomic E-state index is 5.77. The monoisotopic (exact) mass is 206 g/mol. The number of aromatic nitrogens is 2. The lowest BCUT2D eigenvalue weighted by molar-refractivity contribution is 0.947. The average Bonchev–Trinajstić information content (AvgIpc) is 2.56. The van der Waals surface area contributed by atoms with Crippen molar-refractivity contribution in [2.24, 2.45) is 7.05 Å². The van der Waals surface area contributed by atoms with Crippen molar-refractivity contribution in [3.8, 4) is 0 Å². The summed E-state index contributed by atoms with van der Waals surface area (Å²) in [5.41, 5.74) is 2.99. The second-order valence-corrected chi connectivity index (χ2v) is 3.53. The van der Waals surface area contributed by atoms with Gasteiger partial charge in [0.2, 0.25) is 0 Å². The predicted molar refractivity (Wildman–Crippen MR) is 60.5 cm³/mol. The van der Waals surface area contributed by atoms with Gasteiger partial charge in [-0.3, -0.25) is 0 Å². The number of allylic oxidation sites excluding steroid dienone is 1. The fraction of sp³-hybridized carbons (Fsp3) is 0.182. The molecule has 0 atom stereocenters. The highest BCUT2D eigenvalue weighted by molar-refractivity contribution is 6.23. The molecule has 0 fully saturated rings. The van der Waals surface area contributed by atoms with Crippen molar-refractivity contribution in [2.75, 3.05) is 5.88 Å². The molecule has 0 aliphatic heterocycles. The third-order valence-corrected chi connectivity index (χ3v) is 2.60. The van der Waals surface area contributed by atoms with Crippen molar-refractivity contribution in [2.45, 2.75) is 0 Å². The summed E-state index contributed by atoms with van der Waals surface area (Å²) in [6, 6.07) is 3.96. The Hall–Kier alpha value is -1.28. The summed E-state index contributed by atoms with van der Waals surface area (Å²) in [5.74, 6) is 0.452. The fourth-order valence-electron chi connectivity index (χ4n) is 1.57. The Labute approximate surface area is 87.8 Å². The topological polar surface area (TPSA) is 17.8 Å². The Morgan fingerprint density at radius 2 is 2.43 bits per heavy atom. The van der Waals surface area contributed by atoms with E-state index >= 15 is 0 Å². The molecule has 2 rings (SSSR count). The molecule has 3 heteroatoms. The van der Waals surface area contributed by atoms with Crippen molar-refractivity contribution in [3.05, 3.63) is 36.7 Å². The molecule has 2 heterocycles. The third kappa shape index (κ3) is 1.32. The molecule has 0 spiro atoms. The maximum Gasteiger partial charge on any atom is 0.140 e. The van der Waals surface area contributed by atoms with Crippen LogP contribution in [0, 0.1) is 0 Å². The van der Waals surface area contributed by atoms with Gasteiger partial charge in [-0.15, -0.1) is 11.6 Å². The van der Waals surface area contributed by atoms with Gasteiger partial charge >= 0.3 is 0 Å². The van der Waals surface area contributed by atoms with E-state index in [9.17, 15) is 0 Å². The summed E-state index contributed by atoms with van der Waals surface area (Å²) in [7, 11) is 1.97. The molecule has 0 saturated carbocycles. The first-order valence-electron chi connectivity index (χ1n) is 4.38. The predicted octanol–water partition coefficient (Wildman–Crippen LogP) is 2.83. The molecule has 0 aliphatic carbocycles. The highest BCUT2D eigenvalue weighted by Gasteiger charge is 2.08. The van der Waals surface area contributed by atoms with Gasteiger partial charge in [0.25, 0.3) is 0 Å². The lowest BCUT2D eigenvalue weighted by atomic mass is 10.1. The van der Waals surface area contributed by atoms with Gasteiger partial charge in [0.15, 0.2) is 0 Å². The average molecular weight is 207 g/mol. The summed E-state index contributed by atoms with van der Waals surface area (Å²) < 4.78 is 1.99. The molecular formula is C11H11ClN2. The van der Waals surface area contributed by atoms with Crippen LogP contribution in [0.25, 0.3) is 16.6 Å². The zero-order chi connectivity index (χ0) is 10.1. The van der Waals surface area contributed by atoms with Crippen LogP contribution in [0.1, 0.15) is 5.56 Å². The SMILES string of the molecule is C=C(CCl)c1cn(C)c2ncccc12.